The van der Waals surface area contributed by atoms with E-state index in [0.717, 1.165) is 30.1 Å². The number of fused-ring (bicyclic) bond motifs is 5. The minimum atomic E-state index is -0.0346. The Morgan fingerprint density at radius 3 is 2.44 bits per heavy atom. The second kappa shape index (κ2) is 5.59. The van der Waals surface area contributed by atoms with Gasteiger partial charge in [-0.25, -0.2) is 0 Å². The van der Waals surface area contributed by atoms with Gasteiger partial charge in [0.2, 0.25) is 0 Å². The summed E-state index contributed by atoms with van der Waals surface area (Å²) in [4.78, 5) is 0. The summed E-state index contributed by atoms with van der Waals surface area (Å²) in [6.45, 7) is 5.05. The topological polar surface area (TPSA) is 20.2 Å². The molecule has 136 valence electrons. The van der Waals surface area contributed by atoms with Gasteiger partial charge in [-0.1, -0.05) is 43.7 Å². The van der Waals surface area contributed by atoms with Crippen molar-refractivity contribution in [2.75, 3.05) is 0 Å². The molecule has 0 aromatic heterocycles. The minimum absolute atomic E-state index is 0.0346. The van der Waals surface area contributed by atoms with Gasteiger partial charge >= 0.3 is 0 Å². The lowest BCUT2D eigenvalue weighted by Gasteiger charge is -2.60. The van der Waals surface area contributed by atoms with Crippen molar-refractivity contribution in [2.45, 2.75) is 77.7 Å². The summed E-state index contributed by atoms with van der Waals surface area (Å²) in [6.07, 6.45) is 20.8. The van der Waals surface area contributed by atoms with Crippen molar-refractivity contribution in [3.63, 3.8) is 0 Å². The highest BCUT2D eigenvalue weighted by atomic mass is 16.3. The molecule has 4 fully saturated rings. The first-order chi connectivity index (χ1) is 12.0. The number of allylic oxidation sites excluding steroid dienone is 6. The predicted molar refractivity (Wildman–Crippen MR) is 103 cm³/mol. The Bertz CT molecular complexity index is 641. The predicted octanol–water partition coefficient (Wildman–Crippen LogP) is 5.81. The highest BCUT2D eigenvalue weighted by Crippen LogP contribution is 2.66. The van der Waals surface area contributed by atoms with E-state index in [1.165, 1.54) is 56.9 Å². The van der Waals surface area contributed by atoms with Crippen LogP contribution in [-0.2, 0) is 0 Å². The molecule has 1 nitrogen and oxygen atoms in total. The smallest absolute Gasteiger partial charge is 0.0596 e. The van der Waals surface area contributed by atoms with Gasteiger partial charge in [0.05, 0.1) is 6.10 Å². The largest absolute Gasteiger partial charge is 0.393 e. The molecule has 1 heteroatoms. The zero-order valence-corrected chi connectivity index (χ0v) is 16.0. The Morgan fingerprint density at radius 2 is 1.64 bits per heavy atom. The quantitative estimate of drug-likeness (QED) is 0.590. The van der Waals surface area contributed by atoms with E-state index in [0.29, 0.717) is 5.41 Å². The van der Waals surface area contributed by atoms with Gasteiger partial charge in [-0.05, 0) is 97.9 Å². The maximum absolute atomic E-state index is 10.6. The van der Waals surface area contributed by atoms with Crippen LogP contribution in [0.2, 0.25) is 0 Å². The van der Waals surface area contributed by atoms with E-state index in [1.807, 2.05) is 0 Å². The first-order valence-corrected chi connectivity index (χ1v) is 10.8. The SMILES string of the molecule is C[C@]12CC[C@H]3[C@@H](CCC4CC(=C5C=CC=C5)CC[C@@]43C)[C@@H]1CC[C@@H]2O. The molecule has 0 radical (unpaired) electrons. The second-order valence-electron chi connectivity index (χ2n) is 10.3. The molecule has 0 aromatic carbocycles. The summed E-state index contributed by atoms with van der Waals surface area (Å²) < 4.78 is 0. The van der Waals surface area contributed by atoms with E-state index >= 15 is 0 Å². The van der Waals surface area contributed by atoms with Crippen LogP contribution in [0.1, 0.15) is 71.6 Å². The molecule has 4 saturated carbocycles. The molecule has 1 unspecified atom stereocenters. The highest BCUT2D eigenvalue weighted by molar-refractivity contribution is 5.44. The van der Waals surface area contributed by atoms with Crippen molar-refractivity contribution in [3.8, 4) is 0 Å². The van der Waals surface area contributed by atoms with Crippen LogP contribution in [0.25, 0.3) is 0 Å². The van der Waals surface area contributed by atoms with Crippen LogP contribution in [0.3, 0.4) is 0 Å². The lowest BCUT2D eigenvalue weighted by atomic mass is 9.45. The molecule has 0 bridgehead atoms. The van der Waals surface area contributed by atoms with Crippen LogP contribution in [0.5, 0.6) is 0 Å². The van der Waals surface area contributed by atoms with E-state index in [2.05, 4.69) is 38.2 Å². The molecule has 0 aliphatic heterocycles. The molecule has 1 N–H and O–H groups in total. The fraction of sp³-hybridized carbons (Fsp3) is 0.750. The molecule has 0 amide bonds. The van der Waals surface area contributed by atoms with E-state index in [9.17, 15) is 5.11 Å². The lowest BCUT2D eigenvalue weighted by Crippen LogP contribution is -2.53. The van der Waals surface area contributed by atoms with Crippen LogP contribution in [0.4, 0.5) is 0 Å². The third-order valence-electron chi connectivity index (χ3n) is 9.54. The molecule has 25 heavy (non-hydrogen) atoms. The van der Waals surface area contributed by atoms with Crippen molar-refractivity contribution in [3.05, 3.63) is 35.5 Å². The minimum Gasteiger partial charge on any atom is -0.393 e. The van der Waals surface area contributed by atoms with Crippen LogP contribution in [-0.4, -0.2) is 11.2 Å². The lowest BCUT2D eigenvalue weighted by molar-refractivity contribution is -0.115. The fourth-order valence-corrected chi connectivity index (χ4v) is 7.92. The third kappa shape index (κ3) is 2.24. The molecular formula is C24H34O. The van der Waals surface area contributed by atoms with Gasteiger partial charge in [0, 0.05) is 0 Å². The average molecular weight is 339 g/mol. The van der Waals surface area contributed by atoms with Crippen molar-refractivity contribution >= 4 is 0 Å². The normalized spacial score (nSPS) is 51.4. The molecule has 7 atom stereocenters. The van der Waals surface area contributed by atoms with E-state index in [-0.39, 0.29) is 11.5 Å². The van der Waals surface area contributed by atoms with Gasteiger partial charge < -0.3 is 5.11 Å². The summed E-state index contributed by atoms with van der Waals surface area (Å²) in [7, 11) is 0. The number of aliphatic hydroxyl groups excluding tert-OH is 1. The monoisotopic (exact) mass is 338 g/mol. The summed E-state index contributed by atoms with van der Waals surface area (Å²) in [5.41, 5.74) is 4.02. The number of aliphatic hydroxyl groups is 1. The average Bonchev–Trinajstić information content (AvgIpc) is 3.23. The number of hydrogen-bond acceptors (Lipinski definition) is 1. The Hall–Kier alpha value is -0.820. The van der Waals surface area contributed by atoms with E-state index in [1.54, 1.807) is 5.57 Å². The summed E-state index contributed by atoms with van der Waals surface area (Å²) >= 11 is 0. The molecular weight excluding hydrogens is 304 g/mol. The molecule has 0 spiro atoms. The summed E-state index contributed by atoms with van der Waals surface area (Å²) in [5.74, 6) is 3.48. The van der Waals surface area contributed by atoms with Gasteiger partial charge in [-0.15, -0.1) is 0 Å². The summed E-state index contributed by atoms with van der Waals surface area (Å²) in [5, 5.41) is 10.6. The van der Waals surface area contributed by atoms with Gasteiger partial charge in [0.25, 0.3) is 0 Å². The van der Waals surface area contributed by atoms with Crippen LogP contribution in [0, 0.1) is 34.5 Å². The number of rotatable bonds is 0. The van der Waals surface area contributed by atoms with Crippen LogP contribution >= 0.6 is 0 Å². The van der Waals surface area contributed by atoms with Gasteiger partial charge in [0.15, 0.2) is 0 Å². The standard InChI is InChI=1S/C24H34O/c1-23-13-11-17(16-5-3-4-6-16)15-18(23)7-8-19-20-9-10-22(25)24(20,2)14-12-21(19)23/h3-6,18-22,25H,7-15H2,1-2H3/t18?,19-,20-,21-,22-,23-,24-/m0/s1. The zero-order valence-electron chi connectivity index (χ0n) is 16.0. The van der Waals surface area contributed by atoms with Crippen molar-refractivity contribution in [1.29, 1.82) is 0 Å². The van der Waals surface area contributed by atoms with E-state index < -0.39 is 0 Å². The first kappa shape index (κ1) is 16.4. The molecule has 5 aliphatic rings. The van der Waals surface area contributed by atoms with Crippen molar-refractivity contribution in [1.82, 2.24) is 0 Å². The molecule has 5 rings (SSSR count). The Morgan fingerprint density at radius 1 is 0.880 bits per heavy atom. The maximum atomic E-state index is 10.6. The molecule has 0 saturated heterocycles. The van der Waals surface area contributed by atoms with E-state index in [4.69, 9.17) is 0 Å². The Labute approximate surface area is 153 Å². The van der Waals surface area contributed by atoms with Crippen molar-refractivity contribution < 1.29 is 5.11 Å². The second-order valence-corrected chi connectivity index (χ2v) is 10.3. The highest BCUT2D eigenvalue weighted by Gasteiger charge is 2.59. The molecule has 0 heterocycles. The van der Waals surface area contributed by atoms with Crippen LogP contribution in [0.15, 0.2) is 35.5 Å². The summed E-state index contributed by atoms with van der Waals surface area (Å²) in [6, 6.07) is 0. The maximum Gasteiger partial charge on any atom is 0.0596 e. The molecule has 5 aliphatic carbocycles. The Kier molecular flexibility index (Phi) is 3.66. The van der Waals surface area contributed by atoms with Crippen LogP contribution < -0.4 is 0 Å². The first-order valence-electron chi connectivity index (χ1n) is 10.8. The van der Waals surface area contributed by atoms with Gasteiger partial charge in [-0.2, -0.15) is 0 Å². The number of hydrogen-bond donors (Lipinski definition) is 1. The Balaban J connectivity index is 1.42. The zero-order chi connectivity index (χ0) is 17.2. The van der Waals surface area contributed by atoms with Gasteiger partial charge in [0.1, 0.15) is 0 Å². The fourth-order valence-electron chi connectivity index (χ4n) is 7.92. The third-order valence-corrected chi connectivity index (χ3v) is 9.54. The molecule has 0 aromatic rings. The van der Waals surface area contributed by atoms with Gasteiger partial charge in [-0.3, -0.25) is 0 Å². The van der Waals surface area contributed by atoms with Crippen molar-refractivity contribution in [2.24, 2.45) is 34.5 Å².